The molecule has 2 heterocycles. The minimum Gasteiger partial charge on any atom is -0.440 e. The van der Waals surface area contributed by atoms with Crippen LogP contribution in [0.1, 0.15) is 45.3 Å². The molecule has 6 atom stereocenters. The van der Waals surface area contributed by atoms with Crippen LogP contribution in [0.15, 0.2) is 152 Å². The highest BCUT2D eigenvalue weighted by Gasteiger charge is 2.53. The molecule has 0 bridgehead atoms. The van der Waals surface area contributed by atoms with Gasteiger partial charge in [-0.1, -0.05) is 152 Å². The zero-order valence-electron chi connectivity index (χ0n) is 28.2. The first-order chi connectivity index (χ1) is 25.1. The number of ether oxygens (including phenoxy) is 5. The van der Waals surface area contributed by atoms with E-state index in [-0.39, 0.29) is 25.4 Å². The second kappa shape index (κ2) is 16.7. The molecule has 0 N–H and O–H groups in total. The molecule has 0 aliphatic carbocycles. The fourth-order valence-corrected chi connectivity index (χ4v) is 6.61. The monoisotopic (exact) mass is 683 g/mol. The van der Waals surface area contributed by atoms with Crippen molar-refractivity contribution in [2.75, 3.05) is 6.61 Å². The number of fused-ring (bicyclic) bond motifs is 1. The number of ketones is 1. The molecule has 0 saturated carbocycles. The first-order valence-corrected chi connectivity index (χ1v) is 17.4. The molecule has 8 heteroatoms. The number of benzene rings is 5. The second-order valence-corrected chi connectivity index (χ2v) is 12.8. The predicted octanol–water partition coefficient (Wildman–Crippen LogP) is 7.93. The van der Waals surface area contributed by atoms with Crippen LogP contribution < -0.4 is 0 Å². The van der Waals surface area contributed by atoms with E-state index in [1.54, 1.807) is 17.0 Å². The fourth-order valence-electron chi connectivity index (χ4n) is 6.61. The molecule has 0 spiro atoms. The van der Waals surface area contributed by atoms with E-state index in [4.69, 9.17) is 23.7 Å². The Morgan fingerprint density at radius 1 is 0.627 bits per heavy atom. The maximum Gasteiger partial charge on any atom is 0.410 e. The van der Waals surface area contributed by atoms with Crippen molar-refractivity contribution in [3.05, 3.63) is 179 Å². The van der Waals surface area contributed by atoms with Crippen LogP contribution in [-0.4, -0.2) is 53.9 Å². The van der Waals surface area contributed by atoms with Gasteiger partial charge in [0.15, 0.2) is 18.2 Å². The van der Waals surface area contributed by atoms with Crippen LogP contribution in [0.3, 0.4) is 0 Å². The largest absolute Gasteiger partial charge is 0.440 e. The lowest BCUT2D eigenvalue weighted by atomic mass is 9.90. The van der Waals surface area contributed by atoms with E-state index >= 15 is 0 Å². The summed E-state index contributed by atoms with van der Waals surface area (Å²) in [5.41, 5.74) is 4.26. The maximum atomic E-state index is 14.5. The summed E-state index contributed by atoms with van der Waals surface area (Å²) in [6.07, 6.45) is -5.11. The minimum absolute atomic E-state index is 0.0145. The smallest absolute Gasteiger partial charge is 0.410 e. The molecule has 2 aliphatic rings. The molecular weight excluding hydrogens is 642 g/mol. The van der Waals surface area contributed by atoms with E-state index in [9.17, 15) is 9.59 Å². The van der Waals surface area contributed by atoms with Crippen molar-refractivity contribution in [3.63, 3.8) is 0 Å². The van der Waals surface area contributed by atoms with Crippen molar-refractivity contribution in [1.29, 1.82) is 0 Å². The summed E-state index contributed by atoms with van der Waals surface area (Å²) < 4.78 is 32.6. The Labute approximate surface area is 298 Å². The zero-order chi connectivity index (χ0) is 34.8. The summed E-state index contributed by atoms with van der Waals surface area (Å²) in [4.78, 5) is 29.8. The summed E-state index contributed by atoms with van der Waals surface area (Å²) in [6.45, 7) is 1.05. The van der Waals surface area contributed by atoms with Crippen molar-refractivity contribution in [2.45, 2.75) is 62.9 Å². The van der Waals surface area contributed by atoms with Crippen molar-refractivity contribution >= 4 is 11.9 Å². The van der Waals surface area contributed by atoms with Gasteiger partial charge in [0.05, 0.1) is 19.3 Å². The summed E-state index contributed by atoms with van der Waals surface area (Å²) in [6, 6.07) is 48.1. The van der Waals surface area contributed by atoms with Gasteiger partial charge in [0.1, 0.15) is 18.3 Å². The van der Waals surface area contributed by atoms with E-state index in [1.165, 1.54) is 0 Å². The van der Waals surface area contributed by atoms with Gasteiger partial charge >= 0.3 is 6.09 Å². The van der Waals surface area contributed by atoms with Gasteiger partial charge in [0, 0.05) is 30.6 Å². The molecule has 2 saturated heterocycles. The number of carbonyl (C=O) groups excluding carboxylic acids is 2. The molecule has 2 fully saturated rings. The van der Waals surface area contributed by atoms with Crippen LogP contribution in [0.25, 0.3) is 0 Å². The Morgan fingerprint density at radius 2 is 1.16 bits per heavy atom. The first kappa shape index (κ1) is 34.3. The highest BCUT2D eigenvalue weighted by molar-refractivity contribution is 5.96. The molecule has 0 aromatic heterocycles. The summed E-state index contributed by atoms with van der Waals surface area (Å²) in [7, 11) is 0. The van der Waals surface area contributed by atoms with Crippen molar-refractivity contribution < 1.29 is 33.3 Å². The lowest BCUT2D eigenvalue weighted by Gasteiger charge is -2.49. The summed E-state index contributed by atoms with van der Waals surface area (Å²) >= 11 is 0. The van der Waals surface area contributed by atoms with E-state index < -0.39 is 42.9 Å². The van der Waals surface area contributed by atoms with Gasteiger partial charge in [0.2, 0.25) is 0 Å². The number of amides is 1. The molecule has 7 rings (SSSR count). The molecule has 8 nitrogen and oxygen atoms in total. The van der Waals surface area contributed by atoms with Crippen LogP contribution in [0.4, 0.5) is 4.79 Å². The third-order valence-corrected chi connectivity index (χ3v) is 9.19. The zero-order valence-corrected chi connectivity index (χ0v) is 28.2. The van der Waals surface area contributed by atoms with Gasteiger partial charge in [-0.15, -0.1) is 0 Å². The first-order valence-electron chi connectivity index (χ1n) is 17.4. The normalized spacial score (nSPS) is 22.7. The maximum absolute atomic E-state index is 14.5. The van der Waals surface area contributed by atoms with Gasteiger partial charge in [-0.05, 0) is 16.7 Å². The summed E-state index contributed by atoms with van der Waals surface area (Å²) in [5.74, 6) is -0.105. The Balaban J connectivity index is 1.23. The summed E-state index contributed by atoms with van der Waals surface area (Å²) in [5, 5.41) is 0. The van der Waals surface area contributed by atoms with Crippen molar-refractivity contribution in [3.8, 4) is 0 Å². The van der Waals surface area contributed by atoms with Crippen LogP contribution in [0.2, 0.25) is 0 Å². The minimum atomic E-state index is -0.933. The van der Waals surface area contributed by atoms with Crippen LogP contribution in [0.5, 0.6) is 0 Å². The third-order valence-electron chi connectivity index (χ3n) is 9.19. The highest BCUT2D eigenvalue weighted by Crippen LogP contribution is 2.38. The van der Waals surface area contributed by atoms with Gasteiger partial charge in [-0.2, -0.15) is 0 Å². The van der Waals surface area contributed by atoms with Gasteiger partial charge in [-0.3, -0.25) is 9.69 Å². The molecular formula is C43H41NO7. The van der Waals surface area contributed by atoms with Crippen LogP contribution >= 0.6 is 0 Å². The molecule has 0 radical (unpaired) electrons. The lowest BCUT2D eigenvalue weighted by Crippen LogP contribution is -2.64. The standard InChI is InChI=1S/C43H41NO7/c45-36(34-22-12-4-13-23-34)26-37-39(47-29-33-20-10-3-11-21-33)41(40-38(49-37)30-48-42(50-40)35-24-14-5-15-25-35)51-43(46)44(27-31-16-6-1-7-17-31)28-32-18-8-2-9-19-32/h1-25,37-42H,26-30H2/t37-,38-,39-,40-,41-,42-/m1/s1. The fraction of sp³-hybridized carbons (Fsp3) is 0.256. The average molecular weight is 684 g/mol. The van der Waals surface area contributed by atoms with E-state index in [2.05, 4.69) is 0 Å². The predicted molar refractivity (Wildman–Crippen MR) is 191 cm³/mol. The number of carbonyl (C=O) groups is 2. The molecule has 5 aromatic carbocycles. The van der Waals surface area contributed by atoms with E-state index in [0.29, 0.717) is 18.7 Å². The Bertz CT molecular complexity index is 1780. The highest BCUT2D eigenvalue weighted by atomic mass is 16.7. The van der Waals surface area contributed by atoms with Crippen molar-refractivity contribution in [2.24, 2.45) is 0 Å². The molecule has 0 unspecified atom stereocenters. The topological polar surface area (TPSA) is 83.5 Å². The van der Waals surface area contributed by atoms with E-state index in [0.717, 1.165) is 22.3 Å². The molecule has 1 amide bonds. The average Bonchev–Trinajstić information content (AvgIpc) is 3.19. The molecule has 2 aliphatic heterocycles. The Morgan fingerprint density at radius 3 is 1.75 bits per heavy atom. The molecule has 51 heavy (non-hydrogen) atoms. The molecule has 260 valence electrons. The Kier molecular flexibility index (Phi) is 11.3. The quantitative estimate of drug-likeness (QED) is 0.124. The van der Waals surface area contributed by atoms with E-state index in [1.807, 2.05) is 140 Å². The second-order valence-electron chi connectivity index (χ2n) is 12.8. The number of Topliss-reactive ketones (excluding diaryl/α,β-unsaturated/α-hetero) is 1. The van der Waals surface area contributed by atoms with Gasteiger partial charge in [-0.25, -0.2) is 4.79 Å². The van der Waals surface area contributed by atoms with Crippen molar-refractivity contribution in [1.82, 2.24) is 4.90 Å². The lowest BCUT2D eigenvalue weighted by molar-refractivity contribution is -0.332. The van der Waals surface area contributed by atoms with Gasteiger partial charge in [0.25, 0.3) is 0 Å². The van der Waals surface area contributed by atoms with Gasteiger partial charge < -0.3 is 23.7 Å². The van der Waals surface area contributed by atoms with Crippen LogP contribution in [0, 0.1) is 0 Å². The number of hydrogen-bond acceptors (Lipinski definition) is 7. The molecule has 5 aromatic rings. The third kappa shape index (κ3) is 8.79. The van der Waals surface area contributed by atoms with Crippen LogP contribution in [-0.2, 0) is 43.4 Å². The number of nitrogens with zero attached hydrogens (tertiary/aromatic N) is 1. The Hall–Kier alpha value is -5.12. The number of hydrogen-bond donors (Lipinski definition) is 0. The number of rotatable bonds is 12. The SMILES string of the molecule is O=C(C[C@H]1O[C@@H]2CO[C@@H](c3ccccc3)O[C@H]2[C@H](OC(=O)N(Cc2ccccc2)Cc2ccccc2)[C@@H]1OCc1ccccc1)c1ccccc1.